The number of aromatic hydroxyl groups is 1. The van der Waals surface area contributed by atoms with E-state index in [9.17, 15) is 9.90 Å². The minimum atomic E-state index is 0.228. The largest absolute Gasteiger partial charge is 0.508 e. The molecule has 1 aliphatic heterocycles. The van der Waals surface area contributed by atoms with E-state index in [-0.39, 0.29) is 11.7 Å². The summed E-state index contributed by atoms with van der Waals surface area (Å²) >= 11 is 0. The summed E-state index contributed by atoms with van der Waals surface area (Å²) in [4.78, 5) is 14.1. The summed E-state index contributed by atoms with van der Waals surface area (Å²) in [6, 6.07) is 5.45. The molecule has 20 heavy (non-hydrogen) atoms. The Bertz CT molecular complexity index is 460. The lowest BCUT2D eigenvalue weighted by Crippen LogP contribution is -2.35. The van der Waals surface area contributed by atoms with Crippen LogP contribution in [-0.2, 0) is 17.8 Å². The Kier molecular flexibility index (Phi) is 5.41. The van der Waals surface area contributed by atoms with Crippen LogP contribution in [0.3, 0.4) is 0 Å². The smallest absolute Gasteiger partial charge is 0.222 e. The van der Waals surface area contributed by atoms with Crippen molar-refractivity contribution in [2.24, 2.45) is 5.73 Å². The van der Waals surface area contributed by atoms with Crippen LogP contribution in [0.1, 0.15) is 43.2 Å². The zero-order chi connectivity index (χ0) is 14.4. The Morgan fingerprint density at radius 1 is 1.20 bits per heavy atom. The number of amides is 1. The minimum Gasteiger partial charge on any atom is -0.508 e. The number of fused-ring (bicyclic) bond motifs is 1. The third-order valence-electron chi connectivity index (χ3n) is 3.90. The van der Waals surface area contributed by atoms with E-state index in [1.807, 2.05) is 11.0 Å². The number of phenols is 1. The lowest BCUT2D eigenvalue weighted by Gasteiger charge is -2.29. The fourth-order valence-corrected chi connectivity index (χ4v) is 2.69. The van der Waals surface area contributed by atoms with Gasteiger partial charge in [0.1, 0.15) is 5.75 Å². The molecule has 1 aliphatic rings. The SMILES string of the molecule is NCCCCCCC(=O)N1CCc2ccc(O)cc2C1. The van der Waals surface area contributed by atoms with Crippen molar-refractivity contribution in [3.8, 4) is 5.75 Å². The average Bonchev–Trinajstić information content (AvgIpc) is 2.46. The van der Waals surface area contributed by atoms with Gasteiger partial charge in [0.15, 0.2) is 0 Å². The Balaban J connectivity index is 1.81. The number of benzene rings is 1. The van der Waals surface area contributed by atoms with Gasteiger partial charge in [-0.2, -0.15) is 0 Å². The number of hydrogen-bond donors (Lipinski definition) is 2. The fourth-order valence-electron chi connectivity index (χ4n) is 2.69. The minimum absolute atomic E-state index is 0.228. The molecule has 0 atom stereocenters. The van der Waals surface area contributed by atoms with Gasteiger partial charge in [-0.05, 0) is 49.1 Å². The number of phenolic OH excluding ortho intramolecular Hbond substituents is 1. The quantitative estimate of drug-likeness (QED) is 0.783. The van der Waals surface area contributed by atoms with Crippen LogP contribution in [0.2, 0.25) is 0 Å². The van der Waals surface area contributed by atoms with Gasteiger partial charge in [-0.25, -0.2) is 0 Å². The molecule has 0 aliphatic carbocycles. The molecule has 110 valence electrons. The second kappa shape index (κ2) is 7.29. The zero-order valence-corrected chi connectivity index (χ0v) is 12.0. The van der Waals surface area contributed by atoms with E-state index in [2.05, 4.69) is 0 Å². The van der Waals surface area contributed by atoms with Crippen LogP contribution < -0.4 is 5.73 Å². The van der Waals surface area contributed by atoms with Gasteiger partial charge in [-0.1, -0.05) is 18.9 Å². The van der Waals surface area contributed by atoms with Crippen LogP contribution in [0.15, 0.2) is 18.2 Å². The van der Waals surface area contributed by atoms with E-state index < -0.39 is 0 Å². The molecule has 1 amide bonds. The van der Waals surface area contributed by atoms with Crippen molar-refractivity contribution in [3.63, 3.8) is 0 Å². The van der Waals surface area contributed by atoms with Crippen molar-refractivity contribution in [3.05, 3.63) is 29.3 Å². The summed E-state index contributed by atoms with van der Waals surface area (Å²) in [5.74, 6) is 0.506. The fraction of sp³-hybridized carbons (Fsp3) is 0.562. The Labute approximate surface area is 120 Å². The predicted molar refractivity (Wildman–Crippen MR) is 79.4 cm³/mol. The number of nitrogens with two attached hydrogens (primary N) is 1. The molecule has 1 heterocycles. The maximum atomic E-state index is 12.2. The highest BCUT2D eigenvalue weighted by Gasteiger charge is 2.20. The van der Waals surface area contributed by atoms with Gasteiger partial charge in [0.05, 0.1) is 0 Å². The highest BCUT2D eigenvalue weighted by Crippen LogP contribution is 2.23. The van der Waals surface area contributed by atoms with Crippen molar-refractivity contribution < 1.29 is 9.90 Å². The molecule has 1 aromatic carbocycles. The number of hydrogen-bond acceptors (Lipinski definition) is 3. The van der Waals surface area contributed by atoms with E-state index in [1.54, 1.807) is 12.1 Å². The van der Waals surface area contributed by atoms with Gasteiger partial charge < -0.3 is 15.7 Å². The van der Waals surface area contributed by atoms with Gasteiger partial charge in [0.25, 0.3) is 0 Å². The molecular formula is C16H24N2O2. The van der Waals surface area contributed by atoms with Crippen molar-refractivity contribution in [2.45, 2.75) is 45.1 Å². The molecule has 0 saturated carbocycles. The molecule has 0 aromatic heterocycles. The maximum Gasteiger partial charge on any atom is 0.222 e. The van der Waals surface area contributed by atoms with Crippen molar-refractivity contribution in [1.29, 1.82) is 0 Å². The van der Waals surface area contributed by atoms with Crippen LogP contribution in [0.5, 0.6) is 5.75 Å². The first kappa shape index (κ1) is 14.9. The first-order valence-electron chi connectivity index (χ1n) is 7.49. The number of carbonyl (C=O) groups is 1. The predicted octanol–water partition coefficient (Wildman–Crippen LogP) is 2.19. The maximum absolute atomic E-state index is 12.2. The summed E-state index contributed by atoms with van der Waals surface area (Å²) in [7, 11) is 0. The van der Waals surface area contributed by atoms with Crippen LogP contribution in [0, 0.1) is 0 Å². The van der Waals surface area contributed by atoms with Crippen LogP contribution in [0.4, 0.5) is 0 Å². The van der Waals surface area contributed by atoms with Gasteiger partial charge in [-0.3, -0.25) is 4.79 Å². The van der Waals surface area contributed by atoms with Crippen molar-refractivity contribution in [2.75, 3.05) is 13.1 Å². The lowest BCUT2D eigenvalue weighted by molar-refractivity contribution is -0.132. The third-order valence-corrected chi connectivity index (χ3v) is 3.90. The van der Waals surface area contributed by atoms with Crippen LogP contribution in [0.25, 0.3) is 0 Å². The Morgan fingerprint density at radius 2 is 2.00 bits per heavy atom. The van der Waals surface area contributed by atoms with Gasteiger partial charge in [0.2, 0.25) is 5.91 Å². The summed E-state index contributed by atoms with van der Waals surface area (Å²) in [6.45, 7) is 2.16. The number of unbranched alkanes of at least 4 members (excludes halogenated alkanes) is 3. The second-order valence-corrected chi connectivity index (χ2v) is 5.47. The number of carbonyl (C=O) groups excluding carboxylic acids is 1. The molecule has 4 nitrogen and oxygen atoms in total. The van der Waals surface area contributed by atoms with Crippen LogP contribution >= 0.6 is 0 Å². The van der Waals surface area contributed by atoms with Gasteiger partial charge in [-0.15, -0.1) is 0 Å². The summed E-state index contributed by atoms with van der Waals surface area (Å²) in [6.07, 6.45) is 5.69. The van der Waals surface area contributed by atoms with Crippen LogP contribution in [-0.4, -0.2) is 29.0 Å². The summed E-state index contributed by atoms with van der Waals surface area (Å²) in [5, 5.41) is 9.52. The number of rotatable bonds is 6. The topological polar surface area (TPSA) is 66.6 Å². The summed E-state index contributed by atoms with van der Waals surface area (Å²) < 4.78 is 0. The molecule has 0 bridgehead atoms. The van der Waals surface area contributed by atoms with E-state index in [4.69, 9.17) is 5.73 Å². The third kappa shape index (κ3) is 3.97. The molecule has 0 spiro atoms. The molecule has 1 aromatic rings. The molecular weight excluding hydrogens is 252 g/mol. The normalized spacial score (nSPS) is 14.2. The van der Waals surface area contributed by atoms with Gasteiger partial charge >= 0.3 is 0 Å². The molecule has 3 N–H and O–H groups in total. The zero-order valence-electron chi connectivity index (χ0n) is 12.0. The Morgan fingerprint density at radius 3 is 2.80 bits per heavy atom. The standard InChI is InChI=1S/C16H24N2O2/c17-9-4-2-1-3-5-16(20)18-10-8-13-6-7-15(19)11-14(13)12-18/h6-7,11,19H,1-5,8-10,12,17H2. The lowest BCUT2D eigenvalue weighted by atomic mass is 9.99. The first-order valence-corrected chi connectivity index (χ1v) is 7.49. The second-order valence-electron chi connectivity index (χ2n) is 5.47. The highest BCUT2D eigenvalue weighted by atomic mass is 16.3. The van der Waals surface area contributed by atoms with E-state index in [0.29, 0.717) is 13.0 Å². The number of nitrogens with zero attached hydrogens (tertiary/aromatic N) is 1. The molecule has 0 unspecified atom stereocenters. The van der Waals surface area contributed by atoms with E-state index >= 15 is 0 Å². The average molecular weight is 276 g/mol. The highest BCUT2D eigenvalue weighted by molar-refractivity contribution is 5.76. The molecule has 2 rings (SSSR count). The molecule has 0 radical (unpaired) electrons. The van der Waals surface area contributed by atoms with E-state index in [0.717, 1.165) is 50.8 Å². The Hall–Kier alpha value is -1.55. The van der Waals surface area contributed by atoms with Crippen molar-refractivity contribution in [1.82, 2.24) is 4.90 Å². The summed E-state index contributed by atoms with van der Waals surface area (Å²) in [5.41, 5.74) is 7.77. The van der Waals surface area contributed by atoms with Gasteiger partial charge in [0, 0.05) is 19.5 Å². The van der Waals surface area contributed by atoms with Crippen molar-refractivity contribution >= 4 is 5.91 Å². The molecule has 0 fully saturated rings. The van der Waals surface area contributed by atoms with E-state index in [1.165, 1.54) is 5.56 Å². The molecule has 4 heteroatoms. The monoisotopic (exact) mass is 276 g/mol. The first-order chi connectivity index (χ1) is 9.70. The molecule has 0 saturated heterocycles.